The molecule has 0 bridgehead atoms. The second-order valence-corrected chi connectivity index (χ2v) is 4.72. The number of hydrogen-bond donors (Lipinski definition) is 1. The van der Waals surface area contributed by atoms with Crippen LogP contribution >= 0.6 is 0 Å². The first-order chi connectivity index (χ1) is 10.2. The molecule has 1 aromatic carbocycles. The lowest BCUT2D eigenvalue weighted by molar-refractivity contribution is 0.102. The number of aromatic nitrogens is 2. The predicted octanol–water partition coefficient (Wildman–Crippen LogP) is 1.90. The molecular formula is C16H21N3O2. The Morgan fingerprint density at radius 2 is 2.14 bits per heavy atom. The Balaban J connectivity index is 2.43. The number of benzene rings is 1. The van der Waals surface area contributed by atoms with Gasteiger partial charge in [-0.05, 0) is 32.5 Å². The van der Waals surface area contributed by atoms with E-state index in [1.807, 2.05) is 38.2 Å². The lowest BCUT2D eigenvalue weighted by Crippen LogP contribution is -2.16. The lowest BCUT2D eigenvalue weighted by atomic mass is 9.99. The van der Waals surface area contributed by atoms with E-state index in [9.17, 15) is 4.79 Å². The zero-order chi connectivity index (χ0) is 15.2. The van der Waals surface area contributed by atoms with Crippen molar-refractivity contribution in [3.05, 3.63) is 47.3 Å². The largest absolute Gasteiger partial charge is 0.493 e. The molecule has 0 aliphatic heterocycles. The Morgan fingerprint density at radius 3 is 2.81 bits per heavy atom. The Kier molecular flexibility index (Phi) is 5.11. The van der Waals surface area contributed by atoms with Crippen molar-refractivity contribution in [2.45, 2.75) is 19.9 Å². The molecule has 0 radical (unpaired) electrons. The summed E-state index contributed by atoms with van der Waals surface area (Å²) in [6.45, 7) is 3.41. The molecule has 1 aromatic heterocycles. The molecule has 0 spiro atoms. The van der Waals surface area contributed by atoms with Crippen LogP contribution in [0.4, 0.5) is 0 Å². The van der Waals surface area contributed by atoms with Gasteiger partial charge in [-0.25, -0.2) is 0 Å². The number of nitrogens with one attached hydrogen (secondary N) is 1. The normalized spacial score (nSPS) is 10.6. The average Bonchev–Trinajstić information content (AvgIpc) is 2.95. The fraction of sp³-hybridized carbons (Fsp3) is 0.375. The second kappa shape index (κ2) is 7.04. The van der Waals surface area contributed by atoms with Gasteiger partial charge < -0.3 is 10.1 Å². The van der Waals surface area contributed by atoms with Crippen LogP contribution in [0.5, 0.6) is 5.75 Å². The van der Waals surface area contributed by atoms with E-state index in [2.05, 4.69) is 10.4 Å². The number of ketones is 1. The fourth-order valence-electron chi connectivity index (χ4n) is 2.33. The summed E-state index contributed by atoms with van der Waals surface area (Å²) in [6, 6.07) is 7.69. The SMILES string of the molecule is CCn1ncc(OC)c1C(=O)c1ccccc1CCNC. The summed E-state index contributed by atoms with van der Waals surface area (Å²) in [6.07, 6.45) is 2.40. The van der Waals surface area contributed by atoms with Crippen LogP contribution < -0.4 is 10.1 Å². The first-order valence-corrected chi connectivity index (χ1v) is 7.09. The summed E-state index contributed by atoms with van der Waals surface area (Å²) in [5, 5.41) is 7.31. The van der Waals surface area contributed by atoms with Crippen molar-refractivity contribution >= 4 is 5.78 Å². The summed E-state index contributed by atoms with van der Waals surface area (Å²) in [5.41, 5.74) is 2.25. The van der Waals surface area contributed by atoms with Crippen LogP contribution in [-0.2, 0) is 13.0 Å². The maximum Gasteiger partial charge on any atom is 0.215 e. The molecule has 5 nitrogen and oxygen atoms in total. The van der Waals surface area contributed by atoms with Crippen molar-refractivity contribution in [3.8, 4) is 5.75 Å². The monoisotopic (exact) mass is 287 g/mol. The first kappa shape index (κ1) is 15.3. The number of carbonyl (C=O) groups excluding carboxylic acids is 1. The van der Waals surface area contributed by atoms with Gasteiger partial charge >= 0.3 is 0 Å². The summed E-state index contributed by atoms with van der Waals surface area (Å²) in [4.78, 5) is 12.9. The van der Waals surface area contributed by atoms with Crippen LogP contribution in [0.25, 0.3) is 0 Å². The molecular weight excluding hydrogens is 266 g/mol. The summed E-state index contributed by atoms with van der Waals surface area (Å²) in [5.74, 6) is 0.475. The Labute approximate surface area is 124 Å². The number of nitrogens with zero attached hydrogens (tertiary/aromatic N) is 2. The van der Waals surface area contributed by atoms with Crippen molar-refractivity contribution in [1.82, 2.24) is 15.1 Å². The van der Waals surface area contributed by atoms with Crippen LogP contribution in [-0.4, -0.2) is 36.3 Å². The minimum atomic E-state index is -0.0436. The maximum atomic E-state index is 12.9. The fourth-order valence-corrected chi connectivity index (χ4v) is 2.33. The van der Waals surface area contributed by atoms with Crippen LogP contribution in [0.1, 0.15) is 28.5 Å². The average molecular weight is 287 g/mol. The zero-order valence-electron chi connectivity index (χ0n) is 12.7. The van der Waals surface area contributed by atoms with Crippen LogP contribution in [0, 0.1) is 0 Å². The van der Waals surface area contributed by atoms with E-state index in [4.69, 9.17) is 4.74 Å². The van der Waals surface area contributed by atoms with Gasteiger partial charge in [0.25, 0.3) is 0 Å². The third-order valence-electron chi connectivity index (χ3n) is 3.45. The highest BCUT2D eigenvalue weighted by Gasteiger charge is 2.22. The van der Waals surface area contributed by atoms with E-state index in [0.717, 1.165) is 18.5 Å². The van der Waals surface area contributed by atoms with Crippen molar-refractivity contribution in [3.63, 3.8) is 0 Å². The van der Waals surface area contributed by atoms with E-state index < -0.39 is 0 Å². The van der Waals surface area contributed by atoms with Gasteiger partial charge in [-0.3, -0.25) is 9.48 Å². The Morgan fingerprint density at radius 1 is 1.38 bits per heavy atom. The lowest BCUT2D eigenvalue weighted by Gasteiger charge is -2.10. The van der Waals surface area contributed by atoms with Crippen molar-refractivity contribution in [1.29, 1.82) is 0 Å². The molecule has 0 saturated heterocycles. The molecule has 1 N–H and O–H groups in total. The van der Waals surface area contributed by atoms with Crippen LogP contribution in [0.15, 0.2) is 30.5 Å². The number of hydrogen-bond acceptors (Lipinski definition) is 4. The zero-order valence-corrected chi connectivity index (χ0v) is 12.7. The molecule has 0 fully saturated rings. The Hall–Kier alpha value is -2.14. The van der Waals surface area contributed by atoms with E-state index in [1.165, 1.54) is 0 Å². The van der Waals surface area contributed by atoms with Gasteiger partial charge in [-0.2, -0.15) is 5.10 Å². The molecule has 0 unspecified atom stereocenters. The number of ether oxygens (including phenoxy) is 1. The summed E-state index contributed by atoms with van der Waals surface area (Å²) in [7, 11) is 3.46. The molecule has 0 amide bonds. The van der Waals surface area contributed by atoms with Gasteiger partial charge in [0.2, 0.25) is 5.78 Å². The third-order valence-corrected chi connectivity index (χ3v) is 3.45. The highest BCUT2D eigenvalue weighted by molar-refractivity contribution is 6.10. The number of rotatable bonds is 7. The molecule has 2 rings (SSSR count). The Bertz CT molecular complexity index is 598. The smallest absolute Gasteiger partial charge is 0.215 e. The molecule has 21 heavy (non-hydrogen) atoms. The molecule has 0 saturated carbocycles. The number of methoxy groups -OCH3 is 1. The highest BCUT2D eigenvalue weighted by atomic mass is 16.5. The van der Waals surface area contributed by atoms with Crippen LogP contribution in [0.3, 0.4) is 0 Å². The highest BCUT2D eigenvalue weighted by Crippen LogP contribution is 2.23. The molecule has 0 aliphatic rings. The van der Waals surface area contributed by atoms with Crippen molar-refractivity contribution < 1.29 is 9.53 Å². The van der Waals surface area contributed by atoms with E-state index in [0.29, 0.717) is 23.6 Å². The maximum absolute atomic E-state index is 12.9. The van der Waals surface area contributed by atoms with Gasteiger partial charge in [0, 0.05) is 12.1 Å². The summed E-state index contributed by atoms with van der Waals surface area (Å²) < 4.78 is 6.95. The number of likely N-dealkylation sites (N-methyl/N-ethyl adjacent to an activating group) is 1. The quantitative estimate of drug-likeness (QED) is 0.790. The van der Waals surface area contributed by atoms with E-state index >= 15 is 0 Å². The molecule has 112 valence electrons. The van der Waals surface area contributed by atoms with E-state index in [1.54, 1.807) is 18.0 Å². The molecule has 0 atom stereocenters. The standard InChI is InChI=1S/C16H21N3O2/c1-4-19-15(14(21-3)11-18-19)16(20)13-8-6-5-7-12(13)9-10-17-2/h5-8,11,17H,4,9-10H2,1-3H3. The second-order valence-electron chi connectivity index (χ2n) is 4.72. The van der Waals surface area contributed by atoms with E-state index in [-0.39, 0.29) is 5.78 Å². The molecule has 2 aromatic rings. The van der Waals surface area contributed by atoms with Gasteiger partial charge in [0.15, 0.2) is 11.4 Å². The molecule has 5 heteroatoms. The third kappa shape index (κ3) is 3.13. The topological polar surface area (TPSA) is 56.2 Å². The van der Waals surface area contributed by atoms with Gasteiger partial charge in [-0.15, -0.1) is 0 Å². The minimum absolute atomic E-state index is 0.0436. The van der Waals surface area contributed by atoms with Gasteiger partial charge in [0.1, 0.15) is 0 Å². The molecule has 0 aliphatic carbocycles. The predicted molar refractivity (Wildman–Crippen MR) is 82.0 cm³/mol. The van der Waals surface area contributed by atoms with Crippen molar-refractivity contribution in [2.24, 2.45) is 0 Å². The first-order valence-electron chi connectivity index (χ1n) is 7.09. The molecule has 1 heterocycles. The van der Waals surface area contributed by atoms with Gasteiger partial charge in [0.05, 0.1) is 13.3 Å². The number of carbonyl (C=O) groups is 1. The van der Waals surface area contributed by atoms with Gasteiger partial charge in [-0.1, -0.05) is 24.3 Å². The minimum Gasteiger partial charge on any atom is -0.493 e. The number of aryl methyl sites for hydroxylation is 1. The summed E-state index contributed by atoms with van der Waals surface area (Å²) >= 11 is 0. The van der Waals surface area contributed by atoms with Crippen molar-refractivity contribution in [2.75, 3.05) is 20.7 Å². The van der Waals surface area contributed by atoms with Crippen LogP contribution in [0.2, 0.25) is 0 Å².